The number of carbonyl (C=O) groups is 2. The molecule has 8 rings (SSSR count). The number of amides is 2. The van der Waals surface area contributed by atoms with Crippen molar-refractivity contribution >= 4 is 34.5 Å². The topological polar surface area (TPSA) is 120 Å². The molecular formula is C32H32N4O5. The summed E-state index contributed by atoms with van der Waals surface area (Å²) in [7, 11) is 0. The van der Waals surface area contributed by atoms with E-state index in [4.69, 9.17) is 0 Å². The Hall–Kier alpha value is -3.92. The van der Waals surface area contributed by atoms with Crippen LogP contribution in [0.5, 0.6) is 0 Å². The van der Waals surface area contributed by atoms with E-state index in [0.717, 1.165) is 32.0 Å². The van der Waals surface area contributed by atoms with E-state index < -0.39 is 51.8 Å². The van der Waals surface area contributed by atoms with Crippen molar-refractivity contribution in [3.8, 4) is 0 Å². The summed E-state index contributed by atoms with van der Waals surface area (Å²) in [6, 6.07) is 14.9. The molecule has 3 saturated heterocycles. The number of aromatic amines is 1. The molecule has 2 aromatic carbocycles. The maximum atomic E-state index is 14.8. The molecule has 3 aromatic rings. The lowest BCUT2D eigenvalue weighted by Gasteiger charge is -2.70. The van der Waals surface area contributed by atoms with E-state index in [2.05, 4.69) is 4.98 Å². The number of allylic oxidation sites excluding steroid dienone is 1. The van der Waals surface area contributed by atoms with Gasteiger partial charge in [-0.2, -0.15) is 0 Å². The van der Waals surface area contributed by atoms with Crippen molar-refractivity contribution in [1.82, 2.24) is 14.8 Å². The van der Waals surface area contributed by atoms with E-state index in [1.54, 1.807) is 18.2 Å². The molecule has 9 heteroatoms. The molecule has 210 valence electrons. The molecule has 9 nitrogen and oxygen atoms in total. The Labute approximate surface area is 237 Å². The van der Waals surface area contributed by atoms with E-state index >= 15 is 0 Å². The third-order valence-corrected chi connectivity index (χ3v) is 10.7. The van der Waals surface area contributed by atoms with Crippen molar-refractivity contribution in [2.24, 2.45) is 5.92 Å². The third-order valence-electron chi connectivity index (χ3n) is 10.7. The van der Waals surface area contributed by atoms with Crippen LogP contribution < -0.4 is 4.90 Å². The number of fused-ring (bicyclic) bond motifs is 8. The van der Waals surface area contributed by atoms with Gasteiger partial charge in [0.1, 0.15) is 11.8 Å². The molecule has 5 aliphatic heterocycles. The van der Waals surface area contributed by atoms with Crippen LogP contribution in [0.1, 0.15) is 51.4 Å². The van der Waals surface area contributed by atoms with E-state index in [9.17, 15) is 24.9 Å². The first-order valence-corrected chi connectivity index (χ1v) is 14.0. The molecule has 0 saturated carbocycles. The second-order valence-corrected chi connectivity index (χ2v) is 13.2. The van der Waals surface area contributed by atoms with Crippen molar-refractivity contribution < 1.29 is 24.9 Å². The Bertz CT molecular complexity index is 1800. The molecule has 6 heterocycles. The summed E-state index contributed by atoms with van der Waals surface area (Å²) in [6.45, 7) is 9.88. The lowest BCUT2D eigenvalue weighted by atomic mass is 9.61. The molecule has 0 aliphatic carbocycles. The zero-order valence-corrected chi connectivity index (χ0v) is 23.5. The largest absolute Gasteiger partial charge is 0.384 e. The summed E-state index contributed by atoms with van der Waals surface area (Å²) in [5, 5.41) is 37.7. The Morgan fingerprint density at radius 3 is 2.37 bits per heavy atom. The van der Waals surface area contributed by atoms with Gasteiger partial charge >= 0.3 is 0 Å². The van der Waals surface area contributed by atoms with Crippen molar-refractivity contribution in [1.29, 1.82) is 0 Å². The number of benzene rings is 2. The summed E-state index contributed by atoms with van der Waals surface area (Å²) >= 11 is 0. The Balaban J connectivity index is 1.43. The normalized spacial score (nSPS) is 37.6. The van der Waals surface area contributed by atoms with Crippen molar-refractivity contribution in [3.05, 3.63) is 83.3 Å². The minimum Gasteiger partial charge on any atom is -0.384 e. The number of H-pyrrole nitrogens is 1. The Morgan fingerprint density at radius 1 is 0.927 bits per heavy atom. The molecule has 41 heavy (non-hydrogen) atoms. The van der Waals surface area contributed by atoms with Gasteiger partial charge in [-0.05, 0) is 32.1 Å². The minimum atomic E-state index is -2.71. The number of rotatable bonds is 0. The summed E-state index contributed by atoms with van der Waals surface area (Å²) in [4.78, 5) is 36.9. The van der Waals surface area contributed by atoms with Crippen molar-refractivity contribution in [2.75, 3.05) is 4.90 Å². The smallest absolute Gasteiger partial charge is 0.287 e. The molecule has 0 bridgehead atoms. The first-order valence-electron chi connectivity index (χ1n) is 14.0. The molecule has 4 N–H and O–H groups in total. The summed E-state index contributed by atoms with van der Waals surface area (Å²) in [5.41, 5.74) is -3.94. The van der Waals surface area contributed by atoms with Gasteiger partial charge in [-0.25, -0.2) is 0 Å². The average Bonchev–Trinajstić information content (AvgIpc) is 3.47. The maximum absolute atomic E-state index is 14.8. The minimum absolute atomic E-state index is 0.0380. The number of aliphatic hydroxyl groups excluding tert-OH is 1. The van der Waals surface area contributed by atoms with E-state index in [1.807, 2.05) is 82.0 Å². The molecule has 1 aromatic heterocycles. The van der Waals surface area contributed by atoms with E-state index in [1.165, 1.54) is 6.20 Å². The number of anilines is 1. The second kappa shape index (κ2) is 6.92. The van der Waals surface area contributed by atoms with Crippen LogP contribution >= 0.6 is 0 Å². The number of nitrogens with one attached hydrogen (secondary N) is 1. The van der Waals surface area contributed by atoms with Gasteiger partial charge in [-0.15, -0.1) is 0 Å². The zero-order valence-electron chi connectivity index (χ0n) is 23.5. The average molecular weight is 553 g/mol. The number of carbonyl (C=O) groups excluding carboxylic acids is 2. The lowest BCUT2D eigenvalue weighted by Crippen LogP contribution is -2.87. The molecule has 5 aliphatic rings. The molecule has 1 spiro atoms. The second-order valence-electron chi connectivity index (χ2n) is 13.2. The third kappa shape index (κ3) is 2.30. The fourth-order valence-corrected chi connectivity index (χ4v) is 8.53. The predicted molar refractivity (Wildman–Crippen MR) is 152 cm³/mol. The van der Waals surface area contributed by atoms with Gasteiger partial charge in [0.2, 0.25) is 0 Å². The van der Waals surface area contributed by atoms with Crippen LogP contribution in [0.4, 0.5) is 5.69 Å². The van der Waals surface area contributed by atoms with E-state index in [0.29, 0.717) is 11.3 Å². The molecular weight excluding hydrogens is 520 g/mol. The van der Waals surface area contributed by atoms with Gasteiger partial charge in [-0.1, -0.05) is 63.2 Å². The van der Waals surface area contributed by atoms with Gasteiger partial charge in [0.25, 0.3) is 17.5 Å². The van der Waals surface area contributed by atoms with Crippen molar-refractivity contribution in [3.63, 3.8) is 0 Å². The van der Waals surface area contributed by atoms with Crippen LogP contribution in [0.2, 0.25) is 0 Å². The van der Waals surface area contributed by atoms with E-state index in [-0.39, 0.29) is 5.70 Å². The summed E-state index contributed by atoms with van der Waals surface area (Å²) in [6.07, 6.45) is 3.00. The Kier molecular flexibility index (Phi) is 4.20. The highest BCUT2D eigenvalue weighted by Crippen LogP contribution is 2.73. The highest BCUT2D eigenvalue weighted by molar-refractivity contribution is 6.12. The number of hydrogen-bond acceptors (Lipinski definition) is 6. The molecule has 0 unspecified atom stereocenters. The maximum Gasteiger partial charge on any atom is 0.287 e. The van der Waals surface area contributed by atoms with Gasteiger partial charge in [0.15, 0.2) is 11.3 Å². The van der Waals surface area contributed by atoms with Crippen LogP contribution in [0.25, 0.3) is 17.0 Å². The molecule has 5 atom stereocenters. The number of para-hydroxylation sites is 2. The fraction of sp³-hybridized carbons (Fsp3) is 0.375. The zero-order chi connectivity index (χ0) is 29.1. The standard InChI is InChI=1S/C32H32N4O5/c1-17-29(4,5)35-22-13-9-7-11-20(22)30(40)26(38)31(41)27(39)34-15-14-28(2,3)24-19(18-10-6-8-12-21(18)33-24)16-23(34)25(37)36(31)32(17,30)35/h6-17,26,33,38,40-41H,1-5H3/b15-14-,23-16-/t17-,26+,30+,31+,32+/m1/s1. The quantitative estimate of drug-likeness (QED) is 0.341. The molecule has 3 fully saturated rings. The summed E-state index contributed by atoms with van der Waals surface area (Å²) < 4.78 is 0. The highest BCUT2D eigenvalue weighted by Gasteiger charge is 2.91. The van der Waals surface area contributed by atoms with Gasteiger partial charge in [0, 0.05) is 56.5 Å². The van der Waals surface area contributed by atoms with Crippen LogP contribution in [-0.4, -0.2) is 64.9 Å². The predicted octanol–water partition coefficient (Wildman–Crippen LogP) is 2.88. The first kappa shape index (κ1) is 24.8. The number of nitrogens with zero attached hydrogens (tertiary/aromatic N) is 3. The number of aliphatic hydroxyl groups is 3. The molecule has 0 radical (unpaired) electrons. The van der Waals surface area contributed by atoms with Crippen LogP contribution in [-0.2, 0) is 20.6 Å². The van der Waals surface area contributed by atoms with Gasteiger partial charge in [0.05, 0.1) is 0 Å². The fourth-order valence-electron chi connectivity index (χ4n) is 8.53. The molecule has 2 amide bonds. The van der Waals surface area contributed by atoms with Crippen molar-refractivity contribution in [2.45, 2.75) is 68.7 Å². The SMILES string of the molecule is C[C@@H]1C(C)(C)N2c3ccccc3[C@]3(O)[C@H](O)[C@]4(O)C(=O)N5/C=C\C(C)(C)c6[nH]c7ccccc7c6/C=C\5C(=O)N4[C@]123. The number of aromatic nitrogens is 1. The monoisotopic (exact) mass is 552 g/mol. The van der Waals surface area contributed by atoms with Crippen LogP contribution in [0.15, 0.2) is 66.5 Å². The van der Waals surface area contributed by atoms with Gasteiger partial charge in [-0.3, -0.25) is 19.4 Å². The summed E-state index contributed by atoms with van der Waals surface area (Å²) in [5.74, 6) is -1.98. The lowest BCUT2D eigenvalue weighted by molar-refractivity contribution is -0.212. The Morgan fingerprint density at radius 2 is 1.61 bits per heavy atom. The van der Waals surface area contributed by atoms with Crippen LogP contribution in [0, 0.1) is 5.92 Å². The van der Waals surface area contributed by atoms with Gasteiger partial charge < -0.3 is 25.2 Å². The number of piperazine rings is 1. The number of hydrogen-bond donors (Lipinski definition) is 4. The van der Waals surface area contributed by atoms with Crippen LogP contribution in [0.3, 0.4) is 0 Å². The first-order chi connectivity index (χ1) is 19.3. The highest BCUT2D eigenvalue weighted by atomic mass is 16.4.